The van der Waals surface area contributed by atoms with Crippen molar-refractivity contribution < 1.29 is 8.78 Å². The molecule has 1 heterocycles. The third-order valence-electron chi connectivity index (χ3n) is 3.73. The summed E-state index contributed by atoms with van der Waals surface area (Å²) in [5.74, 6) is -1.08. The molecular formula is C16H20F2N2. The van der Waals surface area contributed by atoms with Crippen molar-refractivity contribution in [3.8, 4) is 0 Å². The molecule has 0 amide bonds. The van der Waals surface area contributed by atoms with Gasteiger partial charge in [-0.2, -0.15) is 0 Å². The molecule has 0 aliphatic heterocycles. The van der Waals surface area contributed by atoms with Crippen molar-refractivity contribution in [3.63, 3.8) is 0 Å². The van der Waals surface area contributed by atoms with E-state index in [1.165, 1.54) is 12.1 Å². The van der Waals surface area contributed by atoms with Crippen LogP contribution in [0.4, 0.5) is 14.5 Å². The Kier molecular flexibility index (Phi) is 4.12. The van der Waals surface area contributed by atoms with E-state index in [0.717, 1.165) is 23.5 Å². The summed E-state index contributed by atoms with van der Waals surface area (Å²) in [6.45, 7) is 9.08. The zero-order valence-corrected chi connectivity index (χ0v) is 12.3. The summed E-state index contributed by atoms with van der Waals surface area (Å²) >= 11 is 0. The average molecular weight is 278 g/mol. The Morgan fingerprint density at radius 1 is 1.15 bits per heavy atom. The Bertz CT molecular complexity index is 630. The first kappa shape index (κ1) is 14.6. The average Bonchev–Trinajstić information content (AvgIpc) is 2.68. The quantitative estimate of drug-likeness (QED) is 0.881. The lowest BCUT2D eigenvalue weighted by molar-refractivity contribution is 0.582. The van der Waals surface area contributed by atoms with Gasteiger partial charge in [0.2, 0.25) is 0 Å². The van der Waals surface area contributed by atoms with E-state index in [0.29, 0.717) is 12.1 Å². The molecule has 0 unspecified atom stereocenters. The highest BCUT2D eigenvalue weighted by Gasteiger charge is 2.13. The van der Waals surface area contributed by atoms with Crippen LogP contribution >= 0.6 is 0 Å². The Morgan fingerprint density at radius 2 is 1.85 bits per heavy atom. The summed E-state index contributed by atoms with van der Waals surface area (Å²) in [7, 11) is 0. The van der Waals surface area contributed by atoms with E-state index in [-0.39, 0.29) is 5.69 Å². The van der Waals surface area contributed by atoms with Gasteiger partial charge >= 0.3 is 0 Å². The van der Waals surface area contributed by atoms with Crippen LogP contribution < -0.4 is 5.32 Å². The van der Waals surface area contributed by atoms with Gasteiger partial charge in [0.25, 0.3) is 0 Å². The minimum atomic E-state index is -0.558. The molecule has 2 aromatic rings. The van der Waals surface area contributed by atoms with Gasteiger partial charge in [0.1, 0.15) is 11.5 Å². The largest absolute Gasteiger partial charge is 0.376 e. The topological polar surface area (TPSA) is 17.0 Å². The molecule has 20 heavy (non-hydrogen) atoms. The zero-order chi connectivity index (χ0) is 14.9. The summed E-state index contributed by atoms with van der Waals surface area (Å²) in [5, 5.41) is 2.88. The van der Waals surface area contributed by atoms with E-state index in [9.17, 15) is 8.78 Å². The Labute approximate surface area is 118 Å². The third kappa shape index (κ3) is 2.55. The second-order valence-electron chi connectivity index (χ2n) is 5.05. The Hall–Kier alpha value is -1.84. The number of hydrogen-bond donors (Lipinski definition) is 1. The smallest absolute Gasteiger partial charge is 0.152 e. The molecule has 108 valence electrons. The van der Waals surface area contributed by atoms with Gasteiger partial charge in [-0.1, -0.05) is 6.07 Å². The van der Waals surface area contributed by atoms with Gasteiger partial charge in [0.05, 0.1) is 0 Å². The summed E-state index contributed by atoms with van der Waals surface area (Å²) in [6.07, 6.45) is 0. The van der Waals surface area contributed by atoms with Crippen LogP contribution in [0.25, 0.3) is 0 Å². The Morgan fingerprint density at radius 3 is 2.45 bits per heavy atom. The summed E-state index contributed by atoms with van der Waals surface area (Å²) in [4.78, 5) is 0. The van der Waals surface area contributed by atoms with Gasteiger partial charge in [-0.25, -0.2) is 8.78 Å². The standard InChI is InChI=1S/C16H20F2N2/c1-5-20-11(3)8-13(12(20)4)9-19-16-14(17)7-6-10(2)15(16)18/h6-8,19H,5,9H2,1-4H3. The molecule has 0 radical (unpaired) electrons. The van der Waals surface area contributed by atoms with Gasteiger partial charge in [0, 0.05) is 24.5 Å². The molecule has 0 fully saturated rings. The lowest BCUT2D eigenvalue weighted by Gasteiger charge is -2.11. The van der Waals surface area contributed by atoms with Gasteiger partial charge < -0.3 is 9.88 Å². The maximum Gasteiger partial charge on any atom is 0.152 e. The molecule has 0 bridgehead atoms. The van der Waals surface area contributed by atoms with Crippen LogP contribution in [-0.4, -0.2) is 4.57 Å². The lowest BCUT2D eigenvalue weighted by Crippen LogP contribution is -2.06. The predicted octanol–water partition coefficient (Wildman–Crippen LogP) is 4.32. The number of halogens is 2. The van der Waals surface area contributed by atoms with Crippen molar-refractivity contribution in [2.24, 2.45) is 0 Å². The maximum absolute atomic E-state index is 13.9. The SMILES string of the molecule is CCn1c(C)cc(CNc2c(F)ccc(C)c2F)c1C. The lowest BCUT2D eigenvalue weighted by atomic mass is 10.2. The molecular weight excluding hydrogens is 258 g/mol. The van der Waals surface area contributed by atoms with Crippen LogP contribution in [0.3, 0.4) is 0 Å². The predicted molar refractivity (Wildman–Crippen MR) is 78.0 cm³/mol. The second kappa shape index (κ2) is 5.65. The molecule has 4 heteroatoms. The summed E-state index contributed by atoms with van der Waals surface area (Å²) < 4.78 is 29.8. The molecule has 0 spiro atoms. The second-order valence-corrected chi connectivity index (χ2v) is 5.05. The van der Waals surface area contributed by atoms with Crippen LogP contribution in [0.5, 0.6) is 0 Å². The molecule has 1 aromatic carbocycles. The molecule has 0 atom stereocenters. The van der Waals surface area contributed by atoms with Crippen molar-refractivity contribution in [2.45, 2.75) is 40.8 Å². The minimum Gasteiger partial charge on any atom is -0.376 e. The van der Waals surface area contributed by atoms with Crippen molar-refractivity contribution >= 4 is 5.69 Å². The van der Waals surface area contributed by atoms with Crippen LogP contribution in [-0.2, 0) is 13.1 Å². The molecule has 0 aliphatic rings. The molecule has 0 saturated heterocycles. The fourth-order valence-corrected chi connectivity index (χ4v) is 2.54. The molecule has 2 nitrogen and oxygen atoms in total. The number of aromatic nitrogens is 1. The van der Waals surface area contributed by atoms with Crippen molar-refractivity contribution in [1.82, 2.24) is 4.57 Å². The number of hydrogen-bond acceptors (Lipinski definition) is 1. The number of nitrogens with zero attached hydrogens (tertiary/aromatic N) is 1. The zero-order valence-electron chi connectivity index (χ0n) is 12.3. The first-order chi connectivity index (χ1) is 9.45. The van der Waals surface area contributed by atoms with Gasteiger partial charge in [0.15, 0.2) is 5.82 Å². The van der Waals surface area contributed by atoms with Crippen molar-refractivity contribution in [2.75, 3.05) is 5.32 Å². The fourth-order valence-electron chi connectivity index (χ4n) is 2.54. The number of aryl methyl sites for hydroxylation is 2. The summed E-state index contributed by atoms with van der Waals surface area (Å²) in [5.41, 5.74) is 3.74. The van der Waals surface area contributed by atoms with Crippen LogP contribution in [0.1, 0.15) is 29.4 Å². The van der Waals surface area contributed by atoms with Crippen molar-refractivity contribution in [3.05, 3.63) is 52.3 Å². The van der Waals surface area contributed by atoms with E-state index >= 15 is 0 Å². The highest BCUT2D eigenvalue weighted by molar-refractivity contribution is 5.49. The van der Waals surface area contributed by atoms with Crippen LogP contribution in [0.2, 0.25) is 0 Å². The van der Waals surface area contributed by atoms with Crippen molar-refractivity contribution in [1.29, 1.82) is 0 Å². The van der Waals surface area contributed by atoms with Gasteiger partial charge in [-0.15, -0.1) is 0 Å². The van der Waals surface area contributed by atoms with E-state index in [4.69, 9.17) is 0 Å². The molecule has 2 rings (SSSR count). The van der Waals surface area contributed by atoms with Gasteiger partial charge in [-0.3, -0.25) is 0 Å². The highest BCUT2D eigenvalue weighted by Crippen LogP contribution is 2.23. The number of anilines is 1. The summed E-state index contributed by atoms with van der Waals surface area (Å²) in [6, 6.07) is 4.78. The number of nitrogens with one attached hydrogen (secondary N) is 1. The minimum absolute atomic E-state index is 0.0497. The molecule has 1 aromatic heterocycles. The van der Waals surface area contributed by atoms with Crippen LogP contribution in [0, 0.1) is 32.4 Å². The first-order valence-corrected chi connectivity index (χ1v) is 6.79. The molecule has 1 N–H and O–H groups in total. The normalized spacial score (nSPS) is 10.9. The number of rotatable bonds is 4. The van der Waals surface area contributed by atoms with Gasteiger partial charge in [-0.05, 0) is 51.0 Å². The number of benzene rings is 1. The van der Waals surface area contributed by atoms with E-state index < -0.39 is 11.6 Å². The van der Waals surface area contributed by atoms with E-state index in [1.807, 2.05) is 13.8 Å². The fraction of sp³-hybridized carbons (Fsp3) is 0.375. The molecule has 0 saturated carbocycles. The molecule has 0 aliphatic carbocycles. The van der Waals surface area contributed by atoms with E-state index in [1.54, 1.807) is 6.92 Å². The van der Waals surface area contributed by atoms with Crippen LogP contribution in [0.15, 0.2) is 18.2 Å². The maximum atomic E-state index is 13.9. The highest BCUT2D eigenvalue weighted by atomic mass is 19.1. The van der Waals surface area contributed by atoms with E-state index in [2.05, 4.69) is 22.9 Å². The Balaban J connectivity index is 2.24. The first-order valence-electron chi connectivity index (χ1n) is 6.79. The third-order valence-corrected chi connectivity index (χ3v) is 3.73. The monoisotopic (exact) mass is 278 g/mol.